The van der Waals surface area contributed by atoms with E-state index < -0.39 is 24.4 Å². The minimum Gasteiger partial charge on any atom is -0.481 e. The Labute approximate surface area is 186 Å². The number of amides is 2. The summed E-state index contributed by atoms with van der Waals surface area (Å²) in [6, 6.07) is 9.97. The first kappa shape index (κ1) is 24.0. The second kappa shape index (κ2) is 11.2. The van der Waals surface area contributed by atoms with Crippen LogP contribution in [0.25, 0.3) is 0 Å². The lowest BCUT2D eigenvalue weighted by molar-refractivity contribution is -0.143. The zero-order valence-corrected chi connectivity index (χ0v) is 18.6. The fraction of sp³-hybridized carbons (Fsp3) is 0.364. The molecule has 162 valence electrons. The van der Waals surface area contributed by atoms with Gasteiger partial charge in [0.2, 0.25) is 5.91 Å². The van der Waals surface area contributed by atoms with Crippen LogP contribution in [0.2, 0.25) is 10.0 Å². The molecular weight excluding hydrogens is 430 g/mol. The van der Waals surface area contributed by atoms with Gasteiger partial charge in [0.1, 0.15) is 6.04 Å². The van der Waals surface area contributed by atoms with Crippen LogP contribution in [0, 0.1) is 5.82 Å². The fourth-order valence-corrected chi connectivity index (χ4v) is 3.46. The third-order valence-electron chi connectivity index (χ3n) is 4.39. The highest BCUT2D eigenvalue weighted by Gasteiger charge is 2.30. The molecule has 1 N–H and O–H groups in total. The van der Waals surface area contributed by atoms with Gasteiger partial charge in [-0.3, -0.25) is 9.59 Å². The van der Waals surface area contributed by atoms with Crippen molar-refractivity contribution in [3.8, 4) is 5.75 Å². The van der Waals surface area contributed by atoms with Gasteiger partial charge in [-0.15, -0.1) is 0 Å². The highest BCUT2D eigenvalue weighted by molar-refractivity contribution is 6.36. The van der Waals surface area contributed by atoms with E-state index >= 15 is 0 Å². The van der Waals surface area contributed by atoms with Crippen molar-refractivity contribution in [2.45, 2.75) is 45.8 Å². The van der Waals surface area contributed by atoms with Crippen LogP contribution in [0.4, 0.5) is 4.39 Å². The molecule has 0 bridgehead atoms. The van der Waals surface area contributed by atoms with Crippen molar-refractivity contribution < 1.29 is 18.7 Å². The number of nitrogens with zero attached hydrogens (tertiary/aromatic N) is 1. The van der Waals surface area contributed by atoms with Crippen molar-refractivity contribution in [3.63, 3.8) is 0 Å². The lowest BCUT2D eigenvalue weighted by Crippen LogP contribution is -2.51. The van der Waals surface area contributed by atoms with Gasteiger partial charge >= 0.3 is 0 Å². The van der Waals surface area contributed by atoms with Crippen molar-refractivity contribution >= 4 is 35.0 Å². The highest BCUT2D eigenvalue weighted by Crippen LogP contribution is 2.27. The van der Waals surface area contributed by atoms with Crippen LogP contribution in [0.3, 0.4) is 0 Å². The molecule has 0 saturated heterocycles. The summed E-state index contributed by atoms with van der Waals surface area (Å²) >= 11 is 12.6. The monoisotopic (exact) mass is 454 g/mol. The van der Waals surface area contributed by atoms with E-state index in [1.165, 1.54) is 23.1 Å². The molecule has 0 fully saturated rings. The maximum atomic E-state index is 13.8. The first-order valence-corrected chi connectivity index (χ1v) is 10.4. The third-order valence-corrected chi connectivity index (χ3v) is 5.10. The Hall–Kier alpha value is -2.31. The normalized spacial score (nSPS) is 11.8. The van der Waals surface area contributed by atoms with E-state index in [1.54, 1.807) is 31.2 Å². The molecule has 30 heavy (non-hydrogen) atoms. The van der Waals surface area contributed by atoms with Crippen LogP contribution >= 0.6 is 23.2 Å². The summed E-state index contributed by atoms with van der Waals surface area (Å²) < 4.78 is 19.2. The zero-order chi connectivity index (χ0) is 22.3. The number of benzene rings is 2. The maximum absolute atomic E-state index is 13.8. The minimum absolute atomic E-state index is 0.0159. The lowest BCUT2D eigenvalue weighted by atomic mass is 10.1. The summed E-state index contributed by atoms with van der Waals surface area (Å²) in [5.41, 5.74) is 0.524. The second-order valence-electron chi connectivity index (χ2n) is 7.03. The Bertz CT molecular complexity index is 872. The van der Waals surface area contributed by atoms with Crippen molar-refractivity contribution in [2.75, 3.05) is 6.61 Å². The lowest BCUT2D eigenvalue weighted by Gasteiger charge is -2.31. The van der Waals surface area contributed by atoms with Crippen LogP contribution in [0.15, 0.2) is 42.5 Å². The number of rotatable bonds is 9. The average molecular weight is 455 g/mol. The predicted molar refractivity (Wildman–Crippen MR) is 116 cm³/mol. The predicted octanol–water partition coefficient (Wildman–Crippen LogP) is 4.84. The van der Waals surface area contributed by atoms with Gasteiger partial charge in [-0.1, -0.05) is 48.3 Å². The smallest absolute Gasteiger partial charge is 0.261 e. The van der Waals surface area contributed by atoms with Gasteiger partial charge in [-0.2, -0.15) is 0 Å². The molecule has 0 aromatic heterocycles. The Kier molecular flexibility index (Phi) is 8.93. The van der Waals surface area contributed by atoms with Gasteiger partial charge in [0.05, 0.1) is 0 Å². The SMILES string of the molecule is CC[C@H](C(=O)NC(C)C)N(Cc1c(Cl)cccc1Cl)C(=O)COc1ccccc1F. The second-order valence-corrected chi connectivity index (χ2v) is 7.84. The average Bonchev–Trinajstić information content (AvgIpc) is 2.68. The largest absolute Gasteiger partial charge is 0.481 e. The van der Waals surface area contributed by atoms with Gasteiger partial charge in [0.15, 0.2) is 18.2 Å². The summed E-state index contributed by atoms with van der Waals surface area (Å²) in [6.07, 6.45) is 0.367. The number of para-hydroxylation sites is 1. The molecule has 0 aliphatic heterocycles. The summed E-state index contributed by atoms with van der Waals surface area (Å²) in [7, 11) is 0. The molecule has 8 heteroatoms. The summed E-state index contributed by atoms with van der Waals surface area (Å²) in [5, 5.41) is 3.59. The number of hydrogen-bond acceptors (Lipinski definition) is 3. The first-order valence-electron chi connectivity index (χ1n) is 9.64. The molecule has 2 aromatic carbocycles. The molecule has 2 aromatic rings. The third kappa shape index (κ3) is 6.34. The molecule has 0 unspecified atom stereocenters. The number of hydrogen-bond donors (Lipinski definition) is 1. The topological polar surface area (TPSA) is 58.6 Å². The van der Waals surface area contributed by atoms with E-state index in [1.807, 2.05) is 13.8 Å². The number of carbonyl (C=O) groups excluding carboxylic acids is 2. The van der Waals surface area contributed by atoms with Crippen molar-refractivity contribution in [3.05, 3.63) is 63.9 Å². The molecule has 0 aliphatic rings. The minimum atomic E-state index is -0.767. The van der Waals surface area contributed by atoms with E-state index in [0.29, 0.717) is 22.0 Å². The fourth-order valence-electron chi connectivity index (χ4n) is 2.94. The summed E-state index contributed by atoms with van der Waals surface area (Å²) in [6.45, 7) is 5.05. The number of nitrogens with one attached hydrogen (secondary N) is 1. The molecule has 0 heterocycles. The molecule has 2 rings (SSSR count). The maximum Gasteiger partial charge on any atom is 0.261 e. The van der Waals surface area contributed by atoms with Gasteiger partial charge in [-0.25, -0.2) is 4.39 Å². The van der Waals surface area contributed by atoms with Crippen molar-refractivity contribution in [2.24, 2.45) is 0 Å². The van der Waals surface area contributed by atoms with E-state index in [2.05, 4.69) is 5.32 Å². The quantitative estimate of drug-likeness (QED) is 0.589. The van der Waals surface area contributed by atoms with Crippen LogP contribution < -0.4 is 10.1 Å². The molecule has 5 nitrogen and oxygen atoms in total. The zero-order valence-electron chi connectivity index (χ0n) is 17.1. The molecule has 2 amide bonds. The van der Waals surface area contributed by atoms with E-state index in [4.69, 9.17) is 27.9 Å². The Morgan fingerprint density at radius 2 is 1.73 bits per heavy atom. The van der Waals surface area contributed by atoms with Crippen molar-refractivity contribution in [1.82, 2.24) is 10.2 Å². The Balaban J connectivity index is 2.30. The van der Waals surface area contributed by atoms with Crippen LogP contribution in [0.1, 0.15) is 32.8 Å². The molecule has 0 spiro atoms. The van der Waals surface area contributed by atoms with Crippen LogP contribution in [0.5, 0.6) is 5.75 Å². The Morgan fingerprint density at radius 1 is 1.10 bits per heavy atom. The molecule has 1 atom stereocenters. The number of ether oxygens (including phenoxy) is 1. The van der Waals surface area contributed by atoms with Crippen LogP contribution in [-0.2, 0) is 16.1 Å². The van der Waals surface area contributed by atoms with E-state index in [-0.39, 0.29) is 24.2 Å². The number of carbonyl (C=O) groups is 2. The van der Waals surface area contributed by atoms with Gasteiger partial charge < -0.3 is 15.0 Å². The first-order chi connectivity index (χ1) is 14.2. The van der Waals surface area contributed by atoms with Gasteiger partial charge in [0.25, 0.3) is 5.91 Å². The Morgan fingerprint density at radius 3 is 2.30 bits per heavy atom. The molecule has 0 saturated carbocycles. The van der Waals surface area contributed by atoms with Crippen LogP contribution in [-0.4, -0.2) is 35.4 Å². The molecular formula is C22H25Cl2FN2O3. The molecule has 0 radical (unpaired) electrons. The van der Waals surface area contributed by atoms with Gasteiger partial charge in [0, 0.05) is 28.2 Å². The van der Waals surface area contributed by atoms with Gasteiger partial charge in [-0.05, 0) is 44.5 Å². The standard InChI is InChI=1S/C22H25Cl2FN2O3/c1-4-19(22(29)26-14(2)3)27(12-15-16(23)8-7-9-17(15)24)21(28)13-30-20-11-6-5-10-18(20)25/h5-11,14,19H,4,12-13H2,1-3H3,(H,26,29)/t19-/m1/s1. The van der Waals surface area contributed by atoms with E-state index in [9.17, 15) is 14.0 Å². The van der Waals surface area contributed by atoms with E-state index in [0.717, 1.165) is 0 Å². The van der Waals surface area contributed by atoms with Crippen molar-refractivity contribution in [1.29, 1.82) is 0 Å². The summed E-state index contributed by atoms with van der Waals surface area (Å²) in [5.74, 6) is -1.40. The summed E-state index contributed by atoms with van der Waals surface area (Å²) in [4.78, 5) is 27.2. The highest BCUT2D eigenvalue weighted by atomic mass is 35.5. The molecule has 0 aliphatic carbocycles. The number of halogens is 3.